The Morgan fingerprint density at radius 1 is 1.30 bits per heavy atom. The highest BCUT2D eigenvalue weighted by Gasteiger charge is 2.17. The van der Waals surface area contributed by atoms with Crippen molar-refractivity contribution in [3.8, 4) is 0 Å². The molecule has 0 aliphatic carbocycles. The van der Waals surface area contributed by atoms with Crippen LogP contribution in [-0.2, 0) is 11.3 Å². The SMILES string of the molecule is Cc1cc2c(NCc3ccco3)nc(N3CCOCC3)nc2[nH]1. The number of morpholine rings is 1. The molecule has 23 heavy (non-hydrogen) atoms. The van der Waals surface area contributed by atoms with Gasteiger partial charge in [-0.25, -0.2) is 0 Å². The van der Waals surface area contributed by atoms with E-state index in [1.807, 2.05) is 19.1 Å². The van der Waals surface area contributed by atoms with E-state index in [4.69, 9.17) is 14.1 Å². The van der Waals surface area contributed by atoms with Gasteiger partial charge in [0.15, 0.2) is 0 Å². The summed E-state index contributed by atoms with van der Waals surface area (Å²) in [6.45, 7) is 5.64. The lowest BCUT2D eigenvalue weighted by atomic mass is 10.3. The number of hydrogen-bond acceptors (Lipinski definition) is 6. The van der Waals surface area contributed by atoms with Gasteiger partial charge in [0.05, 0.1) is 31.4 Å². The van der Waals surface area contributed by atoms with Gasteiger partial charge in [0.25, 0.3) is 0 Å². The van der Waals surface area contributed by atoms with Crippen molar-refractivity contribution in [1.29, 1.82) is 0 Å². The Morgan fingerprint density at radius 2 is 2.17 bits per heavy atom. The summed E-state index contributed by atoms with van der Waals surface area (Å²) in [5.74, 6) is 2.42. The molecule has 3 aromatic heterocycles. The van der Waals surface area contributed by atoms with Gasteiger partial charge in [-0.15, -0.1) is 0 Å². The quantitative estimate of drug-likeness (QED) is 0.769. The van der Waals surface area contributed by atoms with Crippen molar-refractivity contribution >= 4 is 22.8 Å². The molecule has 1 aliphatic rings. The fraction of sp³-hybridized carbons (Fsp3) is 0.375. The predicted molar refractivity (Wildman–Crippen MR) is 87.7 cm³/mol. The second-order valence-corrected chi connectivity index (χ2v) is 5.62. The third kappa shape index (κ3) is 2.87. The van der Waals surface area contributed by atoms with Gasteiger partial charge in [0.1, 0.15) is 17.2 Å². The van der Waals surface area contributed by atoms with Gasteiger partial charge in [-0.3, -0.25) is 0 Å². The molecule has 3 aromatic rings. The van der Waals surface area contributed by atoms with Crippen molar-refractivity contribution in [2.75, 3.05) is 36.5 Å². The number of anilines is 2. The summed E-state index contributed by atoms with van der Waals surface area (Å²) in [5.41, 5.74) is 1.91. The molecule has 120 valence electrons. The number of aryl methyl sites for hydroxylation is 1. The molecule has 2 N–H and O–H groups in total. The van der Waals surface area contributed by atoms with Crippen molar-refractivity contribution in [1.82, 2.24) is 15.0 Å². The van der Waals surface area contributed by atoms with E-state index in [-0.39, 0.29) is 0 Å². The van der Waals surface area contributed by atoms with Crippen molar-refractivity contribution in [2.45, 2.75) is 13.5 Å². The minimum atomic E-state index is 0.589. The first-order valence-corrected chi connectivity index (χ1v) is 7.76. The van der Waals surface area contributed by atoms with Gasteiger partial charge in [-0.2, -0.15) is 9.97 Å². The molecule has 0 radical (unpaired) electrons. The normalized spacial score (nSPS) is 15.3. The monoisotopic (exact) mass is 313 g/mol. The van der Waals surface area contributed by atoms with Crippen LogP contribution in [0.3, 0.4) is 0 Å². The van der Waals surface area contributed by atoms with Crippen LogP contribution in [0.25, 0.3) is 11.0 Å². The van der Waals surface area contributed by atoms with Gasteiger partial charge in [0, 0.05) is 18.8 Å². The van der Waals surface area contributed by atoms with Crippen LogP contribution in [0, 0.1) is 6.92 Å². The average molecular weight is 313 g/mol. The fourth-order valence-corrected chi connectivity index (χ4v) is 2.75. The van der Waals surface area contributed by atoms with Crippen molar-refractivity contribution in [3.05, 3.63) is 35.9 Å². The summed E-state index contributed by atoms with van der Waals surface area (Å²) in [6, 6.07) is 5.88. The van der Waals surface area contributed by atoms with Crippen LogP contribution in [-0.4, -0.2) is 41.3 Å². The summed E-state index contributed by atoms with van der Waals surface area (Å²) in [5, 5.41) is 4.35. The summed E-state index contributed by atoms with van der Waals surface area (Å²) in [7, 11) is 0. The van der Waals surface area contributed by atoms with Crippen LogP contribution in [0.1, 0.15) is 11.5 Å². The van der Waals surface area contributed by atoms with Crippen LogP contribution in [0.4, 0.5) is 11.8 Å². The number of nitrogens with zero attached hydrogens (tertiary/aromatic N) is 3. The number of ether oxygens (including phenoxy) is 1. The summed E-state index contributed by atoms with van der Waals surface area (Å²) in [6.07, 6.45) is 1.67. The van der Waals surface area contributed by atoms with E-state index in [2.05, 4.69) is 26.3 Å². The molecule has 0 saturated carbocycles. The van der Waals surface area contributed by atoms with Crippen LogP contribution < -0.4 is 10.2 Å². The lowest BCUT2D eigenvalue weighted by Crippen LogP contribution is -2.37. The fourth-order valence-electron chi connectivity index (χ4n) is 2.75. The first kappa shape index (κ1) is 14.1. The molecule has 0 atom stereocenters. The lowest BCUT2D eigenvalue weighted by molar-refractivity contribution is 0.122. The molecule has 4 heterocycles. The van der Waals surface area contributed by atoms with E-state index in [1.165, 1.54) is 0 Å². The van der Waals surface area contributed by atoms with E-state index >= 15 is 0 Å². The Hall–Kier alpha value is -2.54. The molecule has 7 heteroatoms. The van der Waals surface area contributed by atoms with Gasteiger partial charge in [-0.1, -0.05) is 0 Å². The number of nitrogens with one attached hydrogen (secondary N) is 2. The highest BCUT2D eigenvalue weighted by Crippen LogP contribution is 2.25. The van der Waals surface area contributed by atoms with Crippen molar-refractivity contribution < 1.29 is 9.15 Å². The minimum Gasteiger partial charge on any atom is -0.467 e. The van der Waals surface area contributed by atoms with Crippen molar-refractivity contribution in [2.24, 2.45) is 0 Å². The summed E-state index contributed by atoms with van der Waals surface area (Å²) >= 11 is 0. The van der Waals surface area contributed by atoms with Crippen molar-refractivity contribution in [3.63, 3.8) is 0 Å². The minimum absolute atomic E-state index is 0.589. The van der Waals surface area contributed by atoms with Crippen LogP contribution in [0.5, 0.6) is 0 Å². The molecule has 0 aromatic carbocycles. The molecule has 1 fully saturated rings. The Labute approximate surface area is 133 Å². The third-order valence-electron chi connectivity index (χ3n) is 3.91. The standard InChI is InChI=1S/C16H19N5O2/c1-11-9-13-14(17-10-12-3-2-6-23-12)19-16(20-15(13)18-11)21-4-7-22-8-5-21/h2-3,6,9H,4-5,7-8,10H2,1H3,(H2,17,18,19,20). The molecule has 0 amide bonds. The molecule has 0 bridgehead atoms. The van der Waals surface area contributed by atoms with Gasteiger partial charge in [-0.05, 0) is 25.1 Å². The van der Waals surface area contributed by atoms with E-state index < -0.39 is 0 Å². The highest BCUT2D eigenvalue weighted by molar-refractivity contribution is 5.89. The molecule has 0 spiro atoms. The molecular weight excluding hydrogens is 294 g/mol. The Bertz CT molecular complexity index is 790. The van der Waals surface area contributed by atoms with E-state index in [0.717, 1.165) is 47.3 Å². The first-order chi connectivity index (χ1) is 11.3. The van der Waals surface area contributed by atoms with Gasteiger partial charge < -0.3 is 24.4 Å². The summed E-state index contributed by atoms with van der Waals surface area (Å²) < 4.78 is 10.8. The molecular formula is C16H19N5O2. The Morgan fingerprint density at radius 3 is 2.96 bits per heavy atom. The zero-order chi connectivity index (χ0) is 15.6. The number of fused-ring (bicyclic) bond motifs is 1. The second kappa shape index (κ2) is 5.92. The predicted octanol–water partition coefficient (Wildman–Crippen LogP) is 2.31. The maximum Gasteiger partial charge on any atom is 0.229 e. The van der Waals surface area contributed by atoms with Gasteiger partial charge >= 0.3 is 0 Å². The van der Waals surface area contributed by atoms with Crippen LogP contribution in [0.2, 0.25) is 0 Å². The Balaban J connectivity index is 1.68. The molecule has 4 rings (SSSR count). The van der Waals surface area contributed by atoms with Gasteiger partial charge in [0.2, 0.25) is 5.95 Å². The lowest BCUT2D eigenvalue weighted by Gasteiger charge is -2.27. The summed E-state index contributed by atoms with van der Waals surface area (Å²) in [4.78, 5) is 14.8. The maximum absolute atomic E-state index is 5.41. The number of aromatic amines is 1. The van der Waals surface area contributed by atoms with E-state index in [0.29, 0.717) is 19.8 Å². The first-order valence-electron chi connectivity index (χ1n) is 7.76. The number of furan rings is 1. The topological polar surface area (TPSA) is 79.2 Å². The van der Waals surface area contributed by atoms with E-state index in [9.17, 15) is 0 Å². The van der Waals surface area contributed by atoms with Crippen LogP contribution >= 0.6 is 0 Å². The zero-order valence-electron chi connectivity index (χ0n) is 13.0. The largest absolute Gasteiger partial charge is 0.467 e. The highest BCUT2D eigenvalue weighted by atomic mass is 16.5. The maximum atomic E-state index is 5.41. The second-order valence-electron chi connectivity index (χ2n) is 5.62. The number of rotatable bonds is 4. The Kier molecular flexibility index (Phi) is 3.63. The average Bonchev–Trinajstić information content (AvgIpc) is 3.21. The molecule has 7 nitrogen and oxygen atoms in total. The smallest absolute Gasteiger partial charge is 0.229 e. The number of H-pyrrole nitrogens is 1. The number of aromatic nitrogens is 3. The third-order valence-corrected chi connectivity index (χ3v) is 3.91. The van der Waals surface area contributed by atoms with Crippen LogP contribution in [0.15, 0.2) is 28.9 Å². The molecule has 0 unspecified atom stereocenters. The molecule has 1 saturated heterocycles. The molecule has 1 aliphatic heterocycles. The zero-order valence-corrected chi connectivity index (χ0v) is 13.0. The van der Waals surface area contributed by atoms with E-state index in [1.54, 1.807) is 6.26 Å². The number of hydrogen-bond donors (Lipinski definition) is 2.